The molecule has 1 amide bonds. The second-order valence-electron chi connectivity index (χ2n) is 5.98. The van der Waals surface area contributed by atoms with Gasteiger partial charge in [0.25, 0.3) is 5.56 Å². The van der Waals surface area contributed by atoms with E-state index in [1.807, 2.05) is 0 Å². The van der Waals surface area contributed by atoms with Crippen LogP contribution >= 0.6 is 0 Å². The van der Waals surface area contributed by atoms with Crippen molar-refractivity contribution in [3.63, 3.8) is 0 Å². The lowest BCUT2D eigenvalue weighted by atomic mass is 9.82. The van der Waals surface area contributed by atoms with Crippen molar-refractivity contribution in [1.82, 2.24) is 14.9 Å². The number of aryl methyl sites for hydroxylation is 2. The van der Waals surface area contributed by atoms with Crippen LogP contribution in [0.4, 0.5) is 0 Å². The molecule has 2 N–H and O–H groups in total. The summed E-state index contributed by atoms with van der Waals surface area (Å²) in [5.74, 6) is 1.02. The first-order valence-corrected chi connectivity index (χ1v) is 7.35. The molecule has 0 saturated heterocycles. The molecule has 21 heavy (non-hydrogen) atoms. The van der Waals surface area contributed by atoms with Crippen molar-refractivity contribution in [2.45, 2.75) is 45.6 Å². The van der Waals surface area contributed by atoms with Crippen molar-refractivity contribution in [3.8, 4) is 0 Å². The van der Waals surface area contributed by atoms with Crippen LogP contribution in [0.1, 0.15) is 36.3 Å². The van der Waals surface area contributed by atoms with Crippen molar-refractivity contribution in [2.75, 3.05) is 13.6 Å². The monoisotopic (exact) mass is 293 g/mol. The second kappa shape index (κ2) is 6.39. The number of aliphatic hydroxyl groups is 1. The Morgan fingerprint density at radius 3 is 2.67 bits per heavy atom. The lowest BCUT2D eigenvalue weighted by Crippen LogP contribution is -2.39. The van der Waals surface area contributed by atoms with Gasteiger partial charge in [-0.1, -0.05) is 0 Å². The second-order valence-corrected chi connectivity index (χ2v) is 5.98. The molecule has 1 heterocycles. The quantitative estimate of drug-likeness (QED) is 0.830. The lowest BCUT2D eigenvalue weighted by molar-refractivity contribution is -0.131. The minimum Gasteiger partial charge on any atom is -0.393 e. The third-order valence-electron chi connectivity index (χ3n) is 4.10. The third kappa shape index (κ3) is 3.91. The van der Waals surface area contributed by atoms with Gasteiger partial charge in [-0.15, -0.1) is 0 Å². The van der Waals surface area contributed by atoms with Crippen LogP contribution in [0.2, 0.25) is 0 Å². The molecule has 0 aliphatic heterocycles. The van der Waals surface area contributed by atoms with Gasteiger partial charge in [-0.2, -0.15) is 0 Å². The minimum atomic E-state index is -0.196. The van der Waals surface area contributed by atoms with Gasteiger partial charge in [-0.3, -0.25) is 9.59 Å². The molecule has 6 nitrogen and oxygen atoms in total. The van der Waals surface area contributed by atoms with Gasteiger partial charge in [0.1, 0.15) is 5.82 Å². The van der Waals surface area contributed by atoms with E-state index >= 15 is 0 Å². The summed E-state index contributed by atoms with van der Waals surface area (Å²) in [4.78, 5) is 32.6. The average Bonchev–Trinajstić information content (AvgIpc) is 2.35. The first-order chi connectivity index (χ1) is 9.86. The van der Waals surface area contributed by atoms with Crippen LogP contribution in [0.3, 0.4) is 0 Å². The summed E-state index contributed by atoms with van der Waals surface area (Å²) >= 11 is 0. The third-order valence-corrected chi connectivity index (χ3v) is 4.10. The molecule has 116 valence electrons. The smallest absolute Gasteiger partial charge is 0.254 e. The molecule has 2 rings (SSSR count). The summed E-state index contributed by atoms with van der Waals surface area (Å²) in [5, 5.41) is 9.26. The summed E-state index contributed by atoms with van der Waals surface area (Å²) in [6.07, 6.45) is 2.07. The molecule has 1 aliphatic rings. The van der Waals surface area contributed by atoms with E-state index in [0.717, 1.165) is 12.8 Å². The molecule has 1 aromatic heterocycles. The Hall–Kier alpha value is -1.69. The molecular formula is C15H23N3O3. The summed E-state index contributed by atoms with van der Waals surface area (Å²) in [6, 6.07) is 0. The maximum absolute atomic E-state index is 12.1. The van der Waals surface area contributed by atoms with Crippen molar-refractivity contribution in [3.05, 3.63) is 27.4 Å². The van der Waals surface area contributed by atoms with Gasteiger partial charge in [0.05, 0.1) is 6.10 Å². The van der Waals surface area contributed by atoms with E-state index in [1.54, 1.807) is 25.8 Å². The number of carbonyl (C=O) groups is 1. The molecule has 1 aliphatic carbocycles. The van der Waals surface area contributed by atoms with Crippen molar-refractivity contribution < 1.29 is 9.90 Å². The topological polar surface area (TPSA) is 86.3 Å². The number of rotatable bonds is 5. The highest BCUT2D eigenvalue weighted by Gasteiger charge is 2.29. The fourth-order valence-corrected chi connectivity index (χ4v) is 2.81. The van der Waals surface area contributed by atoms with E-state index in [9.17, 15) is 14.7 Å². The number of nitrogens with zero attached hydrogens (tertiary/aromatic N) is 2. The fourth-order valence-electron chi connectivity index (χ4n) is 2.81. The van der Waals surface area contributed by atoms with Gasteiger partial charge >= 0.3 is 0 Å². The summed E-state index contributed by atoms with van der Waals surface area (Å²) in [7, 11) is 1.78. The molecule has 0 bridgehead atoms. The number of amides is 1. The van der Waals surface area contributed by atoms with Crippen LogP contribution in [0.25, 0.3) is 0 Å². The Labute approximate surface area is 124 Å². The molecule has 0 unspecified atom stereocenters. The zero-order valence-corrected chi connectivity index (χ0v) is 12.8. The number of nitrogens with one attached hydrogen (secondary N) is 1. The molecule has 1 fully saturated rings. The fraction of sp³-hybridized carbons (Fsp3) is 0.667. The van der Waals surface area contributed by atoms with Gasteiger partial charge < -0.3 is 15.0 Å². The molecule has 0 radical (unpaired) electrons. The molecule has 1 aromatic rings. The number of carbonyl (C=O) groups excluding carboxylic acids is 1. The number of aromatic nitrogens is 2. The highest BCUT2D eigenvalue weighted by atomic mass is 16.3. The number of aromatic amines is 1. The standard InChI is InChI=1S/C15H23N3O3/c1-9-13(15(21)17-10(2)16-9)4-5-14(20)18(3)8-11-6-12(19)7-11/h11-12,19H,4-8H2,1-3H3,(H,16,17,21). The largest absolute Gasteiger partial charge is 0.393 e. The van der Waals surface area contributed by atoms with Crippen molar-refractivity contribution >= 4 is 5.91 Å². The number of hydrogen-bond acceptors (Lipinski definition) is 4. The van der Waals surface area contributed by atoms with Crippen LogP contribution in [0.15, 0.2) is 4.79 Å². The first-order valence-electron chi connectivity index (χ1n) is 7.35. The van der Waals surface area contributed by atoms with Crippen molar-refractivity contribution in [2.24, 2.45) is 5.92 Å². The van der Waals surface area contributed by atoms with Crippen molar-refractivity contribution in [1.29, 1.82) is 0 Å². The van der Waals surface area contributed by atoms with Crippen LogP contribution in [0, 0.1) is 19.8 Å². The minimum absolute atomic E-state index is 0.0239. The predicted octanol–water partition coefficient (Wildman–Crippen LogP) is 0.549. The summed E-state index contributed by atoms with van der Waals surface area (Å²) in [5.41, 5.74) is 1.12. The highest BCUT2D eigenvalue weighted by Crippen LogP contribution is 2.27. The molecule has 0 atom stereocenters. The first kappa shape index (κ1) is 15.7. The summed E-state index contributed by atoms with van der Waals surface area (Å²) < 4.78 is 0. The van der Waals surface area contributed by atoms with Crippen LogP contribution in [-0.2, 0) is 11.2 Å². The summed E-state index contributed by atoms with van der Waals surface area (Å²) in [6.45, 7) is 4.21. The molecule has 1 saturated carbocycles. The normalized spacial score (nSPS) is 21.0. The number of aliphatic hydroxyl groups excluding tert-OH is 1. The van der Waals surface area contributed by atoms with E-state index in [4.69, 9.17) is 0 Å². The number of H-pyrrole nitrogens is 1. The SMILES string of the molecule is Cc1nc(C)c(CCC(=O)N(C)CC2CC(O)C2)c(=O)[nH]1. The molecular weight excluding hydrogens is 270 g/mol. The zero-order valence-electron chi connectivity index (χ0n) is 12.8. The molecule has 6 heteroatoms. The zero-order chi connectivity index (χ0) is 15.6. The molecule has 0 spiro atoms. The maximum Gasteiger partial charge on any atom is 0.254 e. The molecule has 0 aromatic carbocycles. The van der Waals surface area contributed by atoms with Gasteiger partial charge in [0.15, 0.2) is 0 Å². The van der Waals surface area contributed by atoms with Gasteiger partial charge in [-0.25, -0.2) is 4.98 Å². The van der Waals surface area contributed by atoms with Crippen LogP contribution in [-0.4, -0.2) is 45.6 Å². The van der Waals surface area contributed by atoms with E-state index in [-0.39, 0.29) is 17.6 Å². The van der Waals surface area contributed by atoms with E-state index in [0.29, 0.717) is 42.4 Å². The van der Waals surface area contributed by atoms with Gasteiger partial charge in [-0.05, 0) is 39.0 Å². The van der Waals surface area contributed by atoms with E-state index in [2.05, 4.69) is 9.97 Å². The Bertz CT molecular complexity index is 576. The lowest BCUT2D eigenvalue weighted by Gasteiger charge is -2.34. The van der Waals surface area contributed by atoms with Gasteiger partial charge in [0.2, 0.25) is 5.91 Å². The van der Waals surface area contributed by atoms with Crippen LogP contribution in [0.5, 0.6) is 0 Å². The Kier molecular flexibility index (Phi) is 4.77. The van der Waals surface area contributed by atoms with E-state index < -0.39 is 0 Å². The Morgan fingerprint density at radius 1 is 1.43 bits per heavy atom. The highest BCUT2D eigenvalue weighted by molar-refractivity contribution is 5.76. The Balaban J connectivity index is 1.87. The van der Waals surface area contributed by atoms with Gasteiger partial charge in [0, 0.05) is 31.3 Å². The maximum atomic E-state index is 12.1. The predicted molar refractivity (Wildman–Crippen MR) is 79.0 cm³/mol. The Morgan fingerprint density at radius 2 is 2.10 bits per heavy atom. The number of hydrogen-bond donors (Lipinski definition) is 2. The van der Waals surface area contributed by atoms with Crippen LogP contribution < -0.4 is 5.56 Å². The average molecular weight is 293 g/mol. The van der Waals surface area contributed by atoms with E-state index in [1.165, 1.54) is 0 Å².